The van der Waals surface area contributed by atoms with Gasteiger partial charge in [-0.25, -0.2) is 0 Å². The van der Waals surface area contributed by atoms with Gasteiger partial charge in [-0.2, -0.15) is 13.2 Å². The molecule has 0 radical (unpaired) electrons. The standard InChI is InChI=1S/C13H15F3N4O/c14-13(15,16)11-3-1-10(2-4-11)12(21)9-17-5-7-20-8-6-18-19-20/h1-4,6,8,12,17,21H,5,7,9H2. The number of hydrogen-bond donors (Lipinski definition) is 2. The first-order chi connectivity index (χ1) is 9.97. The van der Waals surface area contributed by atoms with Crippen LogP contribution in [0.5, 0.6) is 0 Å². The SMILES string of the molecule is OC(CNCCn1ccnn1)c1ccc(C(F)(F)F)cc1. The summed E-state index contributed by atoms with van der Waals surface area (Å²) in [6.45, 7) is 1.42. The molecule has 0 aliphatic rings. The third kappa shape index (κ3) is 4.54. The van der Waals surface area contributed by atoms with E-state index in [0.29, 0.717) is 18.7 Å². The summed E-state index contributed by atoms with van der Waals surface area (Å²) in [5, 5.41) is 20.3. The fourth-order valence-electron chi connectivity index (χ4n) is 1.80. The zero-order valence-corrected chi connectivity index (χ0v) is 11.1. The average Bonchev–Trinajstić information content (AvgIpc) is 2.96. The molecule has 1 aromatic carbocycles. The second kappa shape index (κ2) is 6.68. The van der Waals surface area contributed by atoms with Crippen LogP contribution in [0.3, 0.4) is 0 Å². The van der Waals surface area contributed by atoms with Crippen molar-refractivity contribution in [1.82, 2.24) is 20.3 Å². The molecule has 0 bridgehead atoms. The van der Waals surface area contributed by atoms with Gasteiger partial charge >= 0.3 is 6.18 Å². The van der Waals surface area contributed by atoms with Crippen molar-refractivity contribution >= 4 is 0 Å². The number of rotatable bonds is 6. The van der Waals surface area contributed by atoms with E-state index in [1.165, 1.54) is 12.1 Å². The van der Waals surface area contributed by atoms with Crippen LogP contribution in [0, 0.1) is 0 Å². The molecule has 1 unspecified atom stereocenters. The monoisotopic (exact) mass is 300 g/mol. The lowest BCUT2D eigenvalue weighted by Gasteiger charge is -2.13. The maximum absolute atomic E-state index is 12.4. The lowest BCUT2D eigenvalue weighted by Crippen LogP contribution is -2.25. The van der Waals surface area contributed by atoms with Crippen LogP contribution < -0.4 is 5.32 Å². The van der Waals surface area contributed by atoms with E-state index in [4.69, 9.17) is 0 Å². The van der Waals surface area contributed by atoms with Crippen molar-refractivity contribution in [1.29, 1.82) is 0 Å². The summed E-state index contributed by atoms with van der Waals surface area (Å²) in [5.41, 5.74) is -0.283. The van der Waals surface area contributed by atoms with E-state index in [0.717, 1.165) is 12.1 Å². The number of nitrogens with one attached hydrogen (secondary N) is 1. The Hall–Kier alpha value is -1.93. The van der Waals surface area contributed by atoms with E-state index in [-0.39, 0.29) is 6.54 Å². The van der Waals surface area contributed by atoms with Gasteiger partial charge in [0, 0.05) is 19.3 Å². The Balaban J connectivity index is 1.79. The number of alkyl halides is 3. The highest BCUT2D eigenvalue weighted by atomic mass is 19.4. The molecule has 21 heavy (non-hydrogen) atoms. The lowest BCUT2D eigenvalue weighted by molar-refractivity contribution is -0.137. The molecular formula is C13H15F3N4O. The lowest BCUT2D eigenvalue weighted by atomic mass is 10.1. The third-order valence-electron chi connectivity index (χ3n) is 2.95. The maximum Gasteiger partial charge on any atom is 0.416 e. The molecule has 2 aromatic rings. The van der Waals surface area contributed by atoms with Crippen LogP contribution >= 0.6 is 0 Å². The van der Waals surface area contributed by atoms with Crippen LogP contribution in [0.2, 0.25) is 0 Å². The van der Waals surface area contributed by atoms with E-state index in [1.54, 1.807) is 17.1 Å². The van der Waals surface area contributed by atoms with E-state index in [9.17, 15) is 18.3 Å². The Morgan fingerprint density at radius 1 is 1.24 bits per heavy atom. The van der Waals surface area contributed by atoms with Crippen LogP contribution in [0.25, 0.3) is 0 Å². The molecule has 0 fully saturated rings. The predicted molar refractivity (Wildman–Crippen MR) is 69.3 cm³/mol. The zero-order valence-electron chi connectivity index (χ0n) is 11.1. The quantitative estimate of drug-likeness (QED) is 0.796. The van der Waals surface area contributed by atoms with Crippen molar-refractivity contribution in [3.63, 3.8) is 0 Å². The Labute approximate surface area is 119 Å². The predicted octanol–water partition coefficient (Wildman–Crippen LogP) is 1.62. The van der Waals surface area contributed by atoms with Crippen LogP contribution in [0.15, 0.2) is 36.7 Å². The van der Waals surface area contributed by atoms with Gasteiger partial charge in [0.05, 0.1) is 24.4 Å². The molecule has 1 atom stereocenters. The highest BCUT2D eigenvalue weighted by Crippen LogP contribution is 2.29. The van der Waals surface area contributed by atoms with Gasteiger partial charge in [0.2, 0.25) is 0 Å². The Morgan fingerprint density at radius 3 is 2.52 bits per heavy atom. The summed E-state index contributed by atoms with van der Waals surface area (Å²) in [7, 11) is 0. The Morgan fingerprint density at radius 2 is 1.95 bits per heavy atom. The number of aliphatic hydroxyl groups excluding tert-OH is 1. The molecule has 5 nitrogen and oxygen atoms in total. The fourth-order valence-corrected chi connectivity index (χ4v) is 1.80. The van der Waals surface area contributed by atoms with Gasteiger partial charge in [-0.3, -0.25) is 4.68 Å². The first kappa shape index (κ1) is 15.5. The van der Waals surface area contributed by atoms with Crippen LogP contribution in [-0.2, 0) is 12.7 Å². The smallest absolute Gasteiger partial charge is 0.387 e. The average molecular weight is 300 g/mol. The maximum atomic E-state index is 12.4. The van der Waals surface area contributed by atoms with Crippen molar-refractivity contribution in [3.8, 4) is 0 Å². The van der Waals surface area contributed by atoms with Crippen LogP contribution in [0.4, 0.5) is 13.2 Å². The van der Waals surface area contributed by atoms with Crippen molar-refractivity contribution in [2.45, 2.75) is 18.8 Å². The summed E-state index contributed by atoms with van der Waals surface area (Å²) >= 11 is 0. The number of nitrogens with zero attached hydrogens (tertiary/aromatic N) is 3. The summed E-state index contributed by atoms with van der Waals surface area (Å²) < 4.78 is 38.9. The minimum Gasteiger partial charge on any atom is -0.387 e. The Kier molecular flexibility index (Phi) is 4.92. The van der Waals surface area contributed by atoms with E-state index in [2.05, 4.69) is 15.6 Å². The fraction of sp³-hybridized carbons (Fsp3) is 0.385. The summed E-state index contributed by atoms with van der Waals surface area (Å²) in [6.07, 6.45) is -1.94. The molecule has 2 rings (SSSR count). The number of halogens is 3. The molecular weight excluding hydrogens is 285 g/mol. The first-order valence-electron chi connectivity index (χ1n) is 6.37. The molecule has 114 valence electrons. The van der Waals surface area contributed by atoms with E-state index >= 15 is 0 Å². The van der Waals surface area contributed by atoms with Gasteiger partial charge in [-0.05, 0) is 17.7 Å². The molecule has 2 N–H and O–H groups in total. The molecule has 0 amide bonds. The van der Waals surface area contributed by atoms with Gasteiger partial charge in [-0.1, -0.05) is 17.3 Å². The molecule has 1 heterocycles. The number of aliphatic hydroxyl groups is 1. The highest BCUT2D eigenvalue weighted by molar-refractivity contribution is 5.26. The second-order valence-electron chi connectivity index (χ2n) is 4.51. The third-order valence-corrected chi connectivity index (χ3v) is 2.95. The largest absolute Gasteiger partial charge is 0.416 e. The minimum absolute atomic E-state index is 0.250. The first-order valence-corrected chi connectivity index (χ1v) is 6.37. The molecule has 0 spiro atoms. The van der Waals surface area contributed by atoms with Crippen molar-refractivity contribution in [2.75, 3.05) is 13.1 Å². The number of hydrogen-bond acceptors (Lipinski definition) is 4. The van der Waals surface area contributed by atoms with Crippen LogP contribution in [-0.4, -0.2) is 33.2 Å². The summed E-state index contributed by atoms with van der Waals surface area (Å²) in [6, 6.07) is 4.50. The van der Waals surface area contributed by atoms with Gasteiger partial charge in [-0.15, -0.1) is 5.10 Å². The van der Waals surface area contributed by atoms with E-state index < -0.39 is 17.8 Å². The Bertz CT molecular complexity index is 540. The van der Waals surface area contributed by atoms with Gasteiger partial charge in [0.25, 0.3) is 0 Å². The van der Waals surface area contributed by atoms with Gasteiger partial charge in [0.15, 0.2) is 0 Å². The number of aromatic nitrogens is 3. The number of benzene rings is 1. The highest BCUT2D eigenvalue weighted by Gasteiger charge is 2.30. The topological polar surface area (TPSA) is 63.0 Å². The molecule has 8 heteroatoms. The molecule has 0 saturated carbocycles. The van der Waals surface area contributed by atoms with Crippen molar-refractivity contribution in [2.24, 2.45) is 0 Å². The van der Waals surface area contributed by atoms with Gasteiger partial charge in [0.1, 0.15) is 0 Å². The molecule has 1 aromatic heterocycles. The van der Waals surface area contributed by atoms with Gasteiger partial charge < -0.3 is 10.4 Å². The second-order valence-corrected chi connectivity index (χ2v) is 4.51. The molecule has 0 aliphatic carbocycles. The normalized spacial score (nSPS) is 13.3. The molecule has 0 saturated heterocycles. The van der Waals surface area contributed by atoms with Crippen molar-refractivity contribution in [3.05, 3.63) is 47.8 Å². The molecule has 0 aliphatic heterocycles. The minimum atomic E-state index is -4.36. The van der Waals surface area contributed by atoms with Crippen LogP contribution in [0.1, 0.15) is 17.2 Å². The van der Waals surface area contributed by atoms with Crippen molar-refractivity contribution < 1.29 is 18.3 Å². The zero-order chi connectivity index (χ0) is 15.3. The van der Waals surface area contributed by atoms with E-state index in [1.807, 2.05) is 0 Å². The summed E-state index contributed by atoms with van der Waals surface area (Å²) in [4.78, 5) is 0. The summed E-state index contributed by atoms with van der Waals surface area (Å²) in [5.74, 6) is 0.